The quantitative estimate of drug-likeness (QED) is 0.533. The first-order valence-corrected chi connectivity index (χ1v) is 10.7. The van der Waals surface area contributed by atoms with E-state index in [-0.39, 0.29) is 6.04 Å². The normalized spacial score (nSPS) is 16.6. The Morgan fingerprint density at radius 1 is 1.41 bits per heavy atom. The monoisotopic (exact) mass is 418 g/mol. The lowest BCUT2D eigenvalue weighted by Gasteiger charge is -2.25. The van der Waals surface area contributed by atoms with Crippen LogP contribution in [0.5, 0.6) is 5.75 Å². The summed E-state index contributed by atoms with van der Waals surface area (Å²) in [7, 11) is 1.64. The second kappa shape index (κ2) is 9.96. The molecule has 7 nitrogen and oxygen atoms in total. The summed E-state index contributed by atoms with van der Waals surface area (Å²) in [5, 5.41) is 12.3. The van der Waals surface area contributed by atoms with Crippen LogP contribution in [-0.4, -0.2) is 47.0 Å². The largest absolute Gasteiger partial charge is 0.497 e. The van der Waals surface area contributed by atoms with E-state index in [0.29, 0.717) is 17.5 Å². The fourth-order valence-electron chi connectivity index (χ4n) is 3.35. The van der Waals surface area contributed by atoms with Crippen LogP contribution < -0.4 is 15.4 Å². The minimum atomic E-state index is 0.284. The zero-order chi connectivity index (χ0) is 20.8. The number of benzene rings is 1. The van der Waals surface area contributed by atoms with Crippen LogP contribution in [0, 0.1) is 0 Å². The number of guanidine groups is 1. The third kappa shape index (κ3) is 5.63. The summed E-state index contributed by atoms with van der Waals surface area (Å²) in [5.74, 6) is 3.96. The van der Waals surface area contributed by atoms with E-state index in [1.54, 1.807) is 7.11 Å². The third-order valence-corrected chi connectivity index (χ3v) is 5.34. The van der Waals surface area contributed by atoms with Gasteiger partial charge in [-0.3, -0.25) is 4.99 Å². The topological polar surface area (TPSA) is 76.4 Å². The number of aryl methyl sites for hydroxylation is 1. The Kier molecular flexibility index (Phi) is 7.36. The van der Waals surface area contributed by atoms with Gasteiger partial charge in [0, 0.05) is 36.5 Å². The Bertz CT molecular complexity index is 848. The van der Waals surface area contributed by atoms with Crippen LogP contribution in [0.25, 0.3) is 0 Å². The lowest BCUT2D eigenvalue weighted by Crippen LogP contribution is -2.47. The highest BCUT2D eigenvalue weighted by atomic mass is 35.5. The van der Waals surface area contributed by atoms with Crippen molar-refractivity contribution in [1.29, 1.82) is 0 Å². The molecular formula is C21H31ClN6O. The maximum atomic E-state index is 6.34. The smallest absolute Gasteiger partial charge is 0.191 e. The van der Waals surface area contributed by atoms with E-state index in [2.05, 4.69) is 41.5 Å². The van der Waals surface area contributed by atoms with Crippen LogP contribution >= 0.6 is 11.6 Å². The number of hydrogen-bond acceptors (Lipinski definition) is 4. The number of aromatic nitrogens is 3. The van der Waals surface area contributed by atoms with Crippen molar-refractivity contribution in [1.82, 2.24) is 25.4 Å². The first kappa shape index (κ1) is 21.4. The molecule has 158 valence electrons. The van der Waals surface area contributed by atoms with Crippen LogP contribution in [0.15, 0.2) is 23.2 Å². The maximum Gasteiger partial charge on any atom is 0.191 e. The summed E-state index contributed by atoms with van der Waals surface area (Å²) in [6.07, 6.45) is 2.72. The number of fused-ring (bicyclic) bond motifs is 1. The van der Waals surface area contributed by atoms with Crippen molar-refractivity contribution in [2.75, 3.05) is 20.2 Å². The Hall–Kier alpha value is -2.28. The van der Waals surface area contributed by atoms with Gasteiger partial charge < -0.3 is 15.4 Å². The molecule has 1 aliphatic rings. The number of methoxy groups -OCH3 is 1. The van der Waals surface area contributed by atoms with E-state index in [9.17, 15) is 0 Å². The zero-order valence-corrected chi connectivity index (χ0v) is 18.5. The van der Waals surface area contributed by atoms with E-state index in [0.717, 1.165) is 61.3 Å². The molecule has 1 unspecified atom stereocenters. The first-order valence-electron chi connectivity index (χ1n) is 10.3. The molecule has 1 aliphatic heterocycles. The average molecular weight is 419 g/mol. The van der Waals surface area contributed by atoms with Crippen LogP contribution in [0.3, 0.4) is 0 Å². The van der Waals surface area contributed by atoms with Gasteiger partial charge in [0.25, 0.3) is 0 Å². The van der Waals surface area contributed by atoms with E-state index in [4.69, 9.17) is 21.3 Å². The summed E-state index contributed by atoms with van der Waals surface area (Å²) >= 11 is 6.34. The van der Waals surface area contributed by atoms with Crippen molar-refractivity contribution in [2.45, 2.75) is 58.5 Å². The van der Waals surface area contributed by atoms with Gasteiger partial charge in [0.15, 0.2) is 11.8 Å². The van der Waals surface area contributed by atoms with Gasteiger partial charge in [-0.15, -0.1) is 0 Å². The Morgan fingerprint density at radius 3 is 2.93 bits per heavy atom. The van der Waals surface area contributed by atoms with Crippen molar-refractivity contribution >= 4 is 17.6 Å². The molecule has 0 radical (unpaired) electrons. The van der Waals surface area contributed by atoms with Crippen LogP contribution in [-0.2, 0) is 19.4 Å². The molecular weight excluding hydrogens is 388 g/mol. The second-order valence-corrected chi connectivity index (χ2v) is 7.98. The fraction of sp³-hybridized carbons (Fsp3) is 0.571. The molecule has 2 aromatic rings. The molecule has 2 N–H and O–H groups in total. The molecule has 1 atom stereocenters. The minimum Gasteiger partial charge on any atom is -0.497 e. The van der Waals surface area contributed by atoms with Gasteiger partial charge in [-0.1, -0.05) is 31.5 Å². The van der Waals surface area contributed by atoms with E-state index in [1.165, 1.54) is 0 Å². The number of nitrogens with one attached hydrogen (secondary N) is 2. The lowest BCUT2D eigenvalue weighted by molar-refractivity contribution is 0.391. The van der Waals surface area contributed by atoms with Gasteiger partial charge >= 0.3 is 0 Å². The highest BCUT2D eigenvalue weighted by Crippen LogP contribution is 2.22. The molecule has 0 aliphatic carbocycles. The molecule has 0 saturated heterocycles. The van der Waals surface area contributed by atoms with Crippen molar-refractivity contribution in [2.24, 2.45) is 4.99 Å². The minimum absolute atomic E-state index is 0.284. The molecule has 1 aromatic carbocycles. The van der Waals surface area contributed by atoms with Gasteiger partial charge in [-0.25, -0.2) is 9.67 Å². The van der Waals surface area contributed by atoms with Gasteiger partial charge in [-0.05, 0) is 37.5 Å². The molecule has 0 bridgehead atoms. The molecule has 0 fully saturated rings. The predicted molar refractivity (Wildman–Crippen MR) is 117 cm³/mol. The van der Waals surface area contributed by atoms with Crippen molar-refractivity contribution in [3.05, 3.63) is 40.4 Å². The van der Waals surface area contributed by atoms with Crippen molar-refractivity contribution < 1.29 is 4.74 Å². The van der Waals surface area contributed by atoms with Gasteiger partial charge in [-0.2, -0.15) is 5.10 Å². The molecule has 29 heavy (non-hydrogen) atoms. The van der Waals surface area contributed by atoms with E-state index < -0.39 is 0 Å². The highest BCUT2D eigenvalue weighted by Gasteiger charge is 2.23. The standard InChI is InChI=1S/C21H31ClN6O/c1-5-23-21(24-11-10-15-6-8-17(29-4)12-18(15)22)25-16-7-9-19-26-20(14(2)3)27-28(19)13-16/h6,8,12,14,16H,5,7,9-11,13H2,1-4H3,(H2,23,24,25). The Balaban J connectivity index is 1.59. The fourth-order valence-corrected chi connectivity index (χ4v) is 3.61. The summed E-state index contributed by atoms with van der Waals surface area (Å²) < 4.78 is 7.24. The lowest BCUT2D eigenvalue weighted by atomic mass is 10.1. The zero-order valence-electron chi connectivity index (χ0n) is 17.7. The first-order chi connectivity index (χ1) is 14.0. The molecule has 1 aromatic heterocycles. The highest BCUT2D eigenvalue weighted by molar-refractivity contribution is 6.31. The number of halogens is 1. The van der Waals surface area contributed by atoms with Crippen molar-refractivity contribution in [3.8, 4) is 5.75 Å². The number of nitrogens with zero attached hydrogens (tertiary/aromatic N) is 4. The summed E-state index contributed by atoms with van der Waals surface area (Å²) in [6.45, 7) is 8.60. The molecule has 3 rings (SSSR count). The van der Waals surface area contributed by atoms with E-state index >= 15 is 0 Å². The SMILES string of the molecule is CCNC(=NCCc1ccc(OC)cc1Cl)NC1CCc2nc(C(C)C)nn2C1. The third-order valence-electron chi connectivity index (χ3n) is 4.99. The number of hydrogen-bond donors (Lipinski definition) is 2. The number of ether oxygens (including phenoxy) is 1. The summed E-state index contributed by atoms with van der Waals surface area (Å²) in [6, 6.07) is 6.05. The Morgan fingerprint density at radius 2 is 2.24 bits per heavy atom. The molecule has 2 heterocycles. The van der Waals surface area contributed by atoms with Gasteiger partial charge in [0.2, 0.25) is 0 Å². The second-order valence-electron chi connectivity index (χ2n) is 7.57. The van der Waals surface area contributed by atoms with Crippen molar-refractivity contribution in [3.63, 3.8) is 0 Å². The molecule has 0 spiro atoms. The van der Waals surface area contributed by atoms with Crippen LogP contribution in [0.4, 0.5) is 0 Å². The molecule has 0 amide bonds. The Labute approximate surface area is 177 Å². The molecule has 8 heteroatoms. The maximum absolute atomic E-state index is 6.34. The average Bonchev–Trinajstić information content (AvgIpc) is 3.13. The molecule has 0 saturated carbocycles. The number of aliphatic imine (C=N–C) groups is 1. The van der Waals surface area contributed by atoms with Gasteiger partial charge in [0.1, 0.15) is 11.6 Å². The summed E-state index contributed by atoms with van der Waals surface area (Å²) in [4.78, 5) is 9.40. The predicted octanol–water partition coefficient (Wildman–Crippen LogP) is 3.18. The van der Waals surface area contributed by atoms with E-state index in [1.807, 2.05) is 22.9 Å². The summed E-state index contributed by atoms with van der Waals surface area (Å²) in [5.41, 5.74) is 1.07. The van der Waals surface area contributed by atoms with Gasteiger partial charge in [0.05, 0.1) is 13.7 Å². The van der Waals surface area contributed by atoms with Crippen LogP contribution in [0.2, 0.25) is 5.02 Å². The number of rotatable bonds is 7. The van der Waals surface area contributed by atoms with Crippen LogP contribution in [0.1, 0.15) is 50.3 Å².